The summed E-state index contributed by atoms with van der Waals surface area (Å²) >= 11 is 0. The summed E-state index contributed by atoms with van der Waals surface area (Å²) in [4.78, 5) is 22.4. The molecule has 1 rings (SSSR count). The molecule has 7 heteroatoms. The molecule has 1 aromatic carbocycles. The van der Waals surface area contributed by atoms with Crippen molar-refractivity contribution < 1.29 is 18.4 Å². The molecule has 0 aliphatic heterocycles. The Morgan fingerprint density at radius 1 is 1.55 bits per heavy atom. The molecule has 0 aliphatic carbocycles. The molecule has 0 bridgehead atoms. The van der Waals surface area contributed by atoms with Gasteiger partial charge in [-0.25, -0.2) is 8.78 Å². The third kappa shape index (κ3) is 3.29. The van der Waals surface area contributed by atoms with Crippen LogP contribution in [0.2, 0.25) is 0 Å². The number of halogens is 2. The first-order chi connectivity index (χ1) is 9.42. The number of aryl methyl sites for hydroxylation is 1. The molecule has 1 aromatic rings. The normalized spacial score (nSPS) is 9.75. The van der Waals surface area contributed by atoms with Gasteiger partial charge in [-0.15, -0.1) is 0 Å². The van der Waals surface area contributed by atoms with Crippen LogP contribution in [0, 0.1) is 29.9 Å². The van der Waals surface area contributed by atoms with Gasteiger partial charge in [0.1, 0.15) is 17.6 Å². The summed E-state index contributed by atoms with van der Waals surface area (Å²) in [6.45, 7) is 1.44. The number of anilines is 1. The van der Waals surface area contributed by atoms with Crippen LogP contribution in [0.3, 0.4) is 0 Å². The van der Waals surface area contributed by atoms with Crippen molar-refractivity contribution in [2.75, 3.05) is 18.5 Å². The molecule has 0 aromatic heterocycles. The summed E-state index contributed by atoms with van der Waals surface area (Å²) in [5.74, 6) is -2.32. The Morgan fingerprint density at radius 2 is 2.20 bits per heavy atom. The van der Waals surface area contributed by atoms with Gasteiger partial charge in [0.15, 0.2) is 5.82 Å². The minimum Gasteiger partial charge on any atom is -0.369 e. The van der Waals surface area contributed by atoms with Crippen molar-refractivity contribution in [2.24, 2.45) is 0 Å². The fourth-order valence-electron chi connectivity index (χ4n) is 1.73. The fraction of sp³-hybridized carbons (Fsp3) is 0.308. The van der Waals surface area contributed by atoms with E-state index in [1.54, 1.807) is 6.07 Å². The van der Waals surface area contributed by atoms with Crippen LogP contribution >= 0.6 is 0 Å². The summed E-state index contributed by atoms with van der Waals surface area (Å²) in [5, 5.41) is 10.8. The Balaban J connectivity index is 2.99. The van der Waals surface area contributed by atoms with E-state index in [1.165, 1.54) is 18.9 Å². The first-order valence-corrected chi connectivity index (χ1v) is 5.75. The molecule has 0 saturated carbocycles. The van der Waals surface area contributed by atoms with E-state index in [2.05, 4.69) is 0 Å². The highest BCUT2D eigenvalue weighted by Gasteiger charge is 2.20. The molecule has 0 unspecified atom stereocenters. The van der Waals surface area contributed by atoms with Crippen LogP contribution in [0.5, 0.6) is 0 Å². The number of hydrogen-bond donors (Lipinski definition) is 1. The van der Waals surface area contributed by atoms with Crippen molar-refractivity contribution in [3.8, 4) is 6.07 Å². The summed E-state index contributed by atoms with van der Waals surface area (Å²) in [6.07, 6.45) is 0.132. The van der Waals surface area contributed by atoms with Crippen LogP contribution in [0.15, 0.2) is 6.07 Å². The molecule has 0 fully saturated rings. The maximum atomic E-state index is 14.1. The number of imide groups is 1. The van der Waals surface area contributed by atoms with Crippen LogP contribution in [-0.4, -0.2) is 25.9 Å². The molecule has 20 heavy (non-hydrogen) atoms. The molecule has 0 radical (unpaired) electrons. The summed E-state index contributed by atoms with van der Waals surface area (Å²) < 4.78 is 27.9. The number of carbonyl (C=O) groups is 2. The number of carbonyl (C=O) groups excluding carboxylic acids is 2. The van der Waals surface area contributed by atoms with Crippen LogP contribution in [0.4, 0.5) is 14.5 Å². The summed E-state index contributed by atoms with van der Waals surface area (Å²) in [7, 11) is 1.40. The van der Waals surface area contributed by atoms with E-state index >= 15 is 0 Å². The predicted octanol–water partition coefficient (Wildman–Crippen LogP) is 1.24. The van der Waals surface area contributed by atoms with Crippen LogP contribution in [0.1, 0.15) is 17.5 Å². The number of hydrogen-bond acceptors (Lipinski definition) is 4. The third-order valence-electron chi connectivity index (χ3n) is 2.78. The first kappa shape index (κ1) is 15.6. The summed E-state index contributed by atoms with van der Waals surface area (Å²) in [5.41, 5.74) is -0.394. The minimum atomic E-state index is -0.955. The average Bonchev–Trinajstić information content (AvgIpc) is 2.36. The zero-order chi connectivity index (χ0) is 15.3. The first-order valence-electron chi connectivity index (χ1n) is 5.75. The predicted molar refractivity (Wildman–Crippen MR) is 67.9 cm³/mol. The maximum Gasteiger partial charge on any atom is 0.228 e. The molecular formula is C13H13F2N3O2. The van der Waals surface area contributed by atoms with E-state index in [0.29, 0.717) is 0 Å². The standard InChI is InChI=1S/C13H13F2N3O2/c1-8-5-10(14)13(12(15)9(8)6-16)18(2)4-3-11(20)17-7-19/h5,7H,3-4H2,1-2H3,(H,17,19,20). The number of amides is 2. The zero-order valence-corrected chi connectivity index (χ0v) is 11.0. The molecule has 1 N–H and O–H groups in total. The van der Waals surface area contributed by atoms with Gasteiger partial charge >= 0.3 is 0 Å². The molecule has 0 aliphatic rings. The Morgan fingerprint density at radius 3 is 2.75 bits per heavy atom. The van der Waals surface area contributed by atoms with Gasteiger partial charge in [0.2, 0.25) is 12.3 Å². The van der Waals surface area contributed by atoms with Gasteiger partial charge in [-0.3, -0.25) is 14.9 Å². The number of benzene rings is 1. The molecule has 106 valence electrons. The lowest BCUT2D eigenvalue weighted by Gasteiger charge is -2.21. The van der Waals surface area contributed by atoms with Crippen molar-refractivity contribution in [1.82, 2.24) is 5.32 Å². The van der Waals surface area contributed by atoms with E-state index in [4.69, 9.17) is 5.26 Å². The van der Waals surface area contributed by atoms with E-state index in [9.17, 15) is 18.4 Å². The second-order valence-corrected chi connectivity index (χ2v) is 4.18. The maximum absolute atomic E-state index is 14.1. The van der Waals surface area contributed by atoms with Crippen molar-refractivity contribution in [3.05, 3.63) is 28.8 Å². The van der Waals surface area contributed by atoms with E-state index in [-0.39, 0.29) is 36.2 Å². The molecule has 0 saturated heterocycles. The molecule has 5 nitrogen and oxygen atoms in total. The lowest BCUT2D eigenvalue weighted by atomic mass is 10.1. The van der Waals surface area contributed by atoms with Crippen LogP contribution in [0.25, 0.3) is 0 Å². The molecule has 0 spiro atoms. The number of nitriles is 1. The second kappa shape index (κ2) is 6.61. The Bertz CT molecular complexity index is 582. The topological polar surface area (TPSA) is 73.2 Å². The van der Waals surface area contributed by atoms with Gasteiger partial charge < -0.3 is 4.90 Å². The van der Waals surface area contributed by atoms with Gasteiger partial charge in [0.25, 0.3) is 0 Å². The Labute approximate surface area is 114 Å². The lowest BCUT2D eigenvalue weighted by molar-refractivity contribution is -0.125. The van der Waals surface area contributed by atoms with Gasteiger partial charge in [-0.05, 0) is 18.6 Å². The number of rotatable bonds is 5. The average molecular weight is 281 g/mol. The van der Waals surface area contributed by atoms with Crippen LogP contribution < -0.4 is 10.2 Å². The highest BCUT2D eigenvalue weighted by molar-refractivity contribution is 5.86. The van der Waals surface area contributed by atoms with Crippen molar-refractivity contribution in [1.29, 1.82) is 5.26 Å². The summed E-state index contributed by atoms with van der Waals surface area (Å²) in [6, 6.07) is 2.75. The van der Waals surface area contributed by atoms with Crippen molar-refractivity contribution >= 4 is 18.0 Å². The quantitative estimate of drug-likeness (QED) is 0.824. The van der Waals surface area contributed by atoms with Gasteiger partial charge in [0.05, 0.1) is 5.56 Å². The Kier molecular flexibility index (Phi) is 5.15. The zero-order valence-electron chi connectivity index (χ0n) is 11.0. The highest BCUT2D eigenvalue weighted by Crippen LogP contribution is 2.27. The molecular weight excluding hydrogens is 268 g/mol. The van der Waals surface area contributed by atoms with E-state index in [0.717, 1.165) is 6.07 Å². The van der Waals surface area contributed by atoms with Crippen LogP contribution in [-0.2, 0) is 9.59 Å². The third-order valence-corrected chi connectivity index (χ3v) is 2.78. The monoisotopic (exact) mass is 281 g/mol. The minimum absolute atomic E-state index is 0.00143. The largest absolute Gasteiger partial charge is 0.369 e. The molecule has 2 amide bonds. The van der Waals surface area contributed by atoms with Crippen molar-refractivity contribution in [3.63, 3.8) is 0 Å². The van der Waals surface area contributed by atoms with Gasteiger partial charge in [0, 0.05) is 20.0 Å². The molecule has 0 heterocycles. The van der Waals surface area contributed by atoms with E-state index in [1.807, 2.05) is 5.32 Å². The smallest absolute Gasteiger partial charge is 0.228 e. The fourth-order valence-corrected chi connectivity index (χ4v) is 1.73. The van der Waals surface area contributed by atoms with Gasteiger partial charge in [-0.1, -0.05) is 0 Å². The Hall–Kier alpha value is -2.49. The number of nitrogens with one attached hydrogen (secondary N) is 1. The van der Waals surface area contributed by atoms with Gasteiger partial charge in [-0.2, -0.15) is 5.26 Å². The van der Waals surface area contributed by atoms with E-state index < -0.39 is 17.5 Å². The number of nitrogens with zero attached hydrogens (tertiary/aromatic N) is 2. The highest BCUT2D eigenvalue weighted by atomic mass is 19.1. The lowest BCUT2D eigenvalue weighted by Crippen LogP contribution is -2.29. The second-order valence-electron chi connectivity index (χ2n) is 4.18. The SMILES string of the molecule is Cc1cc(F)c(N(C)CCC(=O)NC=O)c(F)c1C#N. The van der Waals surface area contributed by atoms with Crippen molar-refractivity contribution in [2.45, 2.75) is 13.3 Å². The molecule has 0 atom stereocenters.